The van der Waals surface area contributed by atoms with Gasteiger partial charge in [-0.05, 0) is 19.1 Å². The monoisotopic (exact) mass is 371 g/mol. The SMILES string of the molecule is CN1NCNC1C1CCNCC1NC(=O)C1C(N)[N-][NH+]2CC(F)CNC12. The van der Waals surface area contributed by atoms with Gasteiger partial charge in [-0.2, -0.15) is 0 Å². The fourth-order valence-electron chi connectivity index (χ4n) is 4.68. The van der Waals surface area contributed by atoms with E-state index in [0.717, 1.165) is 26.2 Å². The first-order valence-electron chi connectivity index (χ1n) is 9.45. The van der Waals surface area contributed by atoms with Crippen molar-refractivity contribution in [2.75, 3.05) is 39.9 Å². The Labute approximate surface area is 152 Å². The second-order valence-electron chi connectivity index (χ2n) is 7.69. The number of hydrogen-bond acceptors (Lipinski definition) is 7. The molecule has 4 rings (SSSR count). The predicted molar refractivity (Wildman–Crippen MR) is 92.9 cm³/mol. The Bertz CT molecular complexity index is 525. The van der Waals surface area contributed by atoms with Crippen LogP contribution >= 0.6 is 0 Å². The number of carbonyl (C=O) groups excluding carboxylic acids is 1. The Morgan fingerprint density at radius 2 is 2.23 bits per heavy atom. The number of rotatable bonds is 3. The molecule has 4 heterocycles. The van der Waals surface area contributed by atoms with Crippen molar-refractivity contribution < 1.29 is 14.2 Å². The lowest BCUT2D eigenvalue weighted by molar-refractivity contribution is -0.891. The van der Waals surface area contributed by atoms with Crippen LogP contribution in [0.15, 0.2) is 0 Å². The average Bonchev–Trinajstić information content (AvgIpc) is 3.17. The van der Waals surface area contributed by atoms with E-state index in [0.29, 0.717) is 5.01 Å². The molecule has 11 heteroatoms. The minimum Gasteiger partial charge on any atom is -0.436 e. The molecular formula is C15H30FN9O. The second kappa shape index (κ2) is 7.60. The predicted octanol–water partition coefficient (Wildman–Crippen LogP) is -4.24. The molecular weight excluding hydrogens is 341 g/mol. The maximum absolute atomic E-state index is 13.6. The first kappa shape index (κ1) is 18.4. The number of hydrazine groups is 1. The summed E-state index contributed by atoms with van der Waals surface area (Å²) in [5.74, 6) is -0.293. The van der Waals surface area contributed by atoms with E-state index in [2.05, 4.69) is 37.1 Å². The summed E-state index contributed by atoms with van der Waals surface area (Å²) in [5.41, 5.74) is 13.7. The van der Waals surface area contributed by atoms with Crippen LogP contribution in [0, 0.1) is 11.8 Å². The Morgan fingerprint density at radius 1 is 1.38 bits per heavy atom. The topological polar surface area (TPSA) is 125 Å². The first-order chi connectivity index (χ1) is 12.5. The summed E-state index contributed by atoms with van der Waals surface area (Å²) in [4.78, 5) is 13.0. The summed E-state index contributed by atoms with van der Waals surface area (Å²) >= 11 is 0. The Balaban J connectivity index is 1.42. The molecule has 0 spiro atoms. The van der Waals surface area contributed by atoms with Gasteiger partial charge in [0.1, 0.15) is 18.6 Å². The van der Waals surface area contributed by atoms with Crippen LogP contribution < -0.4 is 37.4 Å². The summed E-state index contributed by atoms with van der Waals surface area (Å²) < 4.78 is 13.6. The van der Waals surface area contributed by atoms with Crippen molar-refractivity contribution in [2.45, 2.75) is 37.1 Å². The van der Waals surface area contributed by atoms with Crippen molar-refractivity contribution in [1.29, 1.82) is 0 Å². The molecule has 0 radical (unpaired) electrons. The molecule has 10 nitrogen and oxygen atoms in total. The molecule has 0 bridgehead atoms. The standard InChI is InChI=1S/C15H30FN9O/c1-24-13(20-7-21-24)9-2-3-18-5-10(9)22-15(26)11-12(17)23-25-6-8(16)4-19-14(11)25/h8-14,18-21,25H,2-7,17H2,1H3,(H,22,26). The van der Waals surface area contributed by atoms with Gasteiger partial charge < -0.3 is 26.8 Å². The molecule has 0 aromatic rings. The number of hydrogen-bond donors (Lipinski definition) is 7. The number of fused-ring (bicyclic) bond motifs is 1. The van der Waals surface area contributed by atoms with Crippen molar-refractivity contribution in [3.63, 3.8) is 0 Å². The lowest BCUT2D eigenvalue weighted by Crippen LogP contribution is -3.15. The number of nitrogens with one attached hydrogen (secondary N) is 6. The maximum atomic E-state index is 13.6. The van der Waals surface area contributed by atoms with Crippen LogP contribution in [0.25, 0.3) is 5.43 Å². The van der Waals surface area contributed by atoms with Gasteiger partial charge in [-0.15, -0.1) is 0 Å². The number of nitrogens with two attached hydrogens (primary N) is 1. The number of alkyl halides is 1. The van der Waals surface area contributed by atoms with E-state index >= 15 is 0 Å². The molecule has 0 aromatic carbocycles. The molecule has 26 heavy (non-hydrogen) atoms. The van der Waals surface area contributed by atoms with Gasteiger partial charge in [0.05, 0.1) is 12.8 Å². The van der Waals surface area contributed by atoms with Crippen LogP contribution in [-0.4, -0.2) is 81.5 Å². The number of nitrogens with zero attached hydrogens (tertiary/aromatic N) is 2. The minimum atomic E-state index is -0.956. The second-order valence-corrected chi connectivity index (χ2v) is 7.69. The Hall–Kier alpha value is -0.920. The summed E-state index contributed by atoms with van der Waals surface area (Å²) in [6.45, 7) is 2.90. The zero-order valence-corrected chi connectivity index (χ0v) is 15.0. The largest absolute Gasteiger partial charge is 0.436 e. The Morgan fingerprint density at radius 3 is 3.00 bits per heavy atom. The van der Waals surface area contributed by atoms with Gasteiger partial charge in [-0.1, -0.05) is 0 Å². The van der Waals surface area contributed by atoms with E-state index in [-0.39, 0.29) is 43.3 Å². The number of piperidine rings is 1. The van der Waals surface area contributed by atoms with Gasteiger partial charge >= 0.3 is 0 Å². The fourth-order valence-corrected chi connectivity index (χ4v) is 4.68. The molecule has 4 aliphatic rings. The minimum absolute atomic E-state index is 0.00450. The van der Waals surface area contributed by atoms with Crippen molar-refractivity contribution in [1.82, 2.24) is 31.7 Å². The van der Waals surface area contributed by atoms with Crippen molar-refractivity contribution in [3.05, 3.63) is 5.43 Å². The summed E-state index contributed by atoms with van der Waals surface area (Å²) in [5, 5.41) is 15.9. The van der Waals surface area contributed by atoms with Gasteiger partial charge in [-0.25, -0.2) is 14.8 Å². The molecule has 8 unspecified atom stereocenters. The van der Waals surface area contributed by atoms with Gasteiger partial charge in [0, 0.05) is 32.1 Å². The third-order valence-electron chi connectivity index (χ3n) is 6.02. The highest BCUT2D eigenvalue weighted by molar-refractivity contribution is 5.81. The molecule has 4 saturated heterocycles. The number of halogens is 1. The summed E-state index contributed by atoms with van der Waals surface area (Å²) in [7, 11) is 2.01. The molecule has 4 aliphatic heterocycles. The van der Waals surface area contributed by atoms with E-state index in [4.69, 9.17) is 5.73 Å². The van der Waals surface area contributed by atoms with Crippen molar-refractivity contribution in [2.24, 2.45) is 17.6 Å². The van der Waals surface area contributed by atoms with E-state index < -0.39 is 18.3 Å². The van der Waals surface area contributed by atoms with E-state index in [1.807, 2.05) is 7.05 Å². The summed E-state index contributed by atoms with van der Waals surface area (Å²) in [6, 6.07) is 0.00450. The fraction of sp³-hybridized carbons (Fsp3) is 0.933. The number of amides is 1. The maximum Gasteiger partial charge on any atom is 0.230 e. The molecule has 8 atom stereocenters. The van der Waals surface area contributed by atoms with Crippen LogP contribution in [0.1, 0.15) is 6.42 Å². The van der Waals surface area contributed by atoms with Crippen LogP contribution in [0.2, 0.25) is 0 Å². The number of quaternary nitrogens is 1. The molecule has 1 amide bonds. The zero-order valence-electron chi connectivity index (χ0n) is 15.0. The molecule has 0 saturated carbocycles. The molecule has 0 aliphatic carbocycles. The highest BCUT2D eigenvalue weighted by Gasteiger charge is 2.46. The van der Waals surface area contributed by atoms with E-state index in [1.165, 1.54) is 0 Å². The molecule has 148 valence electrons. The first-order valence-corrected chi connectivity index (χ1v) is 9.45. The third kappa shape index (κ3) is 3.45. The van der Waals surface area contributed by atoms with Gasteiger partial charge in [-0.3, -0.25) is 15.4 Å². The lowest BCUT2D eigenvalue weighted by Gasteiger charge is -2.39. The van der Waals surface area contributed by atoms with Crippen LogP contribution in [0.3, 0.4) is 0 Å². The van der Waals surface area contributed by atoms with Gasteiger partial charge in [0.2, 0.25) is 5.91 Å². The average molecular weight is 371 g/mol. The van der Waals surface area contributed by atoms with Crippen LogP contribution in [0.4, 0.5) is 4.39 Å². The van der Waals surface area contributed by atoms with E-state index in [9.17, 15) is 9.18 Å². The van der Waals surface area contributed by atoms with E-state index in [1.54, 1.807) is 0 Å². The van der Waals surface area contributed by atoms with Crippen LogP contribution in [0.5, 0.6) is 0 Å². The molecule has 0 aromatic heterocycles. The molecule has 4 fully saturated rings. The third-order valence-corrected chi connectivity index (χ3v) is 6.02. The van der Waals surface area contributed by atoms with Crippen molar-refractivity contribution in [3.8, 4) is 0 Å². The smallest absolute Gasteiger partial charge is 0.230 e. The Kier molecular flexibility index (Phi) is 5.39. The zero-order chi connectivity index (χ0) is 18.3. The van der Waals surface area contributed by atoms with Crippen molar-refractivity contribution >= 4 is 5.91 Å². The molecule has 8 N–H and O–H groups in total. The van der Waals surface area contributed by atoms with Crippen LogP contribution in [-0.2, 0) is 4.79 Å². The van der Waals surface area contributed by atoms with Gasteiger partial charge in [0.15, 0.2) is 6.17 Å². The lowest BCUT2D eigenvalue weighted by atomic mass is 9.88. The highest BCUT2D eigenvalue weighted by atomic mass is 19.1. The van der Waals surface area contributed by atoms with Gasteiger partial charge in [0.25, 0.3) is 0 Å². The summed E-state index contributed by atoms with van der Waals surface area (Å²) in [6.07, 6.45) is -0.676. The normalized spacial score (nSPS) is 46.9. The number of carbonyl (C=O) groups is 1. The quantitative estimate of drug-likeness (QED) is 0.268. The highest BCUT2D eigenvalue weighted by Crippen LogP contribution is 2.22.